The molecule has 1 aromatic rings. The van der Waals surface area contributed by atoms with Crippen molar-refractivity contribution in [1.29, 1.82) is 0 Å². The van der Waals surface area contributed by atoms with Crippen LogP contribution in [0.15, 0.2) is 24.4 Å². The lowest BCUT2D eigenvalue weighted by Gasteiger charge is -1.89. The minimum absolute atomic E-state index is 0. The molecule has 0 N–H and O–H groups in total. The fourth-order valence-electron chi connectivity index (χ4n) is 0.837. The van der Waals surface area contributed by atoms with E-state index in [0.29, 0.717) is 5.15 Å². The first-order valence-electron chi connectivity index (χ1n) is 4.68. The highest BCUT2D eigenvalue weighted by atomic mass is 35.5. The fraction of sp³-hybridized carbons (Fsp3) is 0.308. The maximum absolute atomic E-state index is 5.78. The van der Waals surface area contributed by atoms with Crippen LogP contribution in [0.4, 0.5) is 0 Å². The van der Waals surface area contributed by atoms with Crippen LogP contribution < -0.4 is 10.4 Å². The van der Waals surface area contributed by atoms with E-state index in [9.17, 15) is 0 Å². The molecule has 0 unspecified atom stereocenters. The van der Waals surface area contributed by atoms with Gasteiger partial charge in [0.2, 0.25) is 0 Å². The van der Waals surface area contributed by atoms with Crippen molar-refractivity contribution in [3.05, 3.63) is 40.0 Å². The maximum atomic E-state index is 5.78. The summed E-state index contributed by atoms with van der Waals surface area (Å²) in [6, 6.07) is 1.88. The molecule has 0 atom stereocenters. The second kappa shape index (κ2) is 9.47. The molecule has 15 heavy (non-hydrogen) atoms. The predicted molar refractivity (Wildman–Crippen MR) is 71.4 cm³/mol. The summed E-state index contributed by atoms with van der Waals surface area (Å²) in [5.41, 5.74) is 0. The summed E-state index contributed by atoms with van der Waals surface area (Å²) in [5, 5.41) is 2.25. The zero-order valence-electron chi connectivity index (χ0n) is 8.92. The molecule has 0 saturated heterocycles. The topological polar surface area (TPSA) is 12.9 Å². The van der Waals surface area contributed by atoms with E-state index in [1.54, 1.807) is 6.20 Å². The molecule has 1 rings (SSSR count). The molecule has 0 amide bonds. The summed E-state index contributed by atoms with van der Waals surface area (Å²) in [4.78, 5) is 3.91. The summed E-state index contributed by atoms with van der Waals surface area (Å²) in [6.45, 7) is 9.77. The smallest absolute Gasteiger partial charge is 0.136 e. The Balaban J connectivity index is 0. The molecule has 0 radical (unpaired) electrons. The third-order valence-corrected chi connectivity index (χ3v) is 1.83. The van der Waals surface area contributed by atoms with E-state index in [1.807, 2.05) is 45.1 Å². The van der Waals surface area contributed by atoms with Gasteiger partial charge in [0, 0.05) is 11.4 Å². The Hall–Kier alpha value is -1.08. The Labute approximate surface area is 97.8 Å². The number of hydrogen-bond donors (Lipinski definition) is 0. The summed E-state index contributed by atoms with van der Waals surface area (Å²) in [5.74, 6) is 0. The summed E-state index contributed by atoms with van der Waals surface area (Å²) in [6.07, 6.45) is 7.52. The molecule has 2 heteroatoms. The molecular formula is C13H20ClN. The molecular weight excluding hydrogens is 206 g/mol. The summed E-state index contributed by atoms with van der Waals surface area (Å²) >= 11 is 5.78. The Morgan fingerprint density at radius 2 is 2.00 bits per heavy atom. The molecule has 0 bridgehead atoms. The largest absolute Gasteiger partial charge is 0.244 e. The van der Waals surface area contributed by atoms with Crippen LogP contribution in [0.1, 0.15) is 28.2 Å². The summed E-state index contributed by atoms with van der Waals surface area (Å²) in [7, 11) is 0. The van der Waals surface area contributed by atoms with Gasteiger partial charge in [-0.3, -0.25) is 0 Å². The second-order valence-electron chi connectivity index (χ2n) is 2.36. The first-order valence-corrected chi connectivity index (χ1v) is 5.06. The van der Waals surface area contributed by atoms with E-state index >= 15 is 0 Å². The number of allylic oxidation sites excluding steroid dienone is 2. The van der Waals surface area contributed by atoms with Crippen molar-refractivity contribution in [1.82, 2.24) is 4.98 Å². The molecule has 0 aliphatic rings. The third-order valence-electron chi connectivity index (χ3n) is 1.51. The van der Waals surface area contributed by atoms with Crippen LogP contribution in [0.3, 0.4) is 0 Å². The van der Waals surface area contributed by atoms with Crippen molar-refractivity contribution in [2.45, 2.75) is 28.2 Å². The molecule has 0 aliphatic carbocycles. The lowest BCUT2D eigenvalue weighted by atomic mass is 10.3. The maximum Gasteiger partial charge on any atom is 0.136 e. The van der Waals surface area contributed by atoms with E-state index in [-0.39, 0.29) is 7.43 Å². The number of pyridine rings is 1. The van der Waals surface area contributed by atoms with Gasteiger partial charge < -0.3 is 0 Å². The first kappa shape index (κ1) is 16.4. The number of aromatic nitrogens is 1. The molecule has 0 fully saturated rings. The average Bonchev–Trinajstić information content (AvgIpc) is 2.23. The summed E-state index contributed by atoms with van der Waals surface area (Å²) < 4.78 is 0. The zero-order chi connectivity index (χ0) is 11.0. The zero-order valence-corrected chi connectivity index (χ0v) is 9.67. The van der Waals surface area contributed by atoms with Gasteiger partial charge in [-0.1, -0.05) is 57.7 Å². The van der Waals surface area contributed by atoms with Gasteiger partial charge in [-0.05, 0) is 18.2 Å². The molecule has 1 aromatic heterocycles. The van der Waals surface area contributed by atoms with Gasteiger partial charge in [-0.2, -0.15) is 0 Å². The minimum Gasteiger partial charge on any atom is -0.244 e. The highest BCUT2D eigenvalue weighted by molar-refractivity contribution is 6.29. The van der Waals surface area contributed by atoms with E-state index in [2.05, 4.69) is 11.6 Å². The van der Waals surface area contributed by atoms with Crippen molar-refractivity contribution < 1.29 is 0 Å². The van der Waals surface area contributed by atoms with Crippen molar-refractivity contribution in [2.24, 2.45) is 0 Å². The second-order valence-corrected chi connectivity index (χ2v) is 2.72. The highest BCUT2D eigenvalue weighted by Crippen LogP contribution is 1.88. The number of halogens is 1. The number of rotatable bonds is 1. The van der Waals surface area contributed by atoms with Gasteiger partial charge >= 0.3 is 0 Å². The number of nitrogens with zero attached hydrogens (tertiary/aromatic N) is 1. The van der Waals surface area contributed by atoms with Gasteiger partial charge in [-0.15, -0.1) is 0 Å². The fourth-order valence-corrected chi connectivity index (χ4v) is 1.00. The molecule has 0 aliphatic heterocycles. The highest BCUT2D eigenvalue weighted by Gasteiger charge is 1.88. The molecule has 0 saturated carbocycles. The van der Waals surface area contributed by atoms with Gasteiger partial charge in [-0.25, -0.2) is 4.98 Å². The average molecular weight is 226 g/mol. The van der Waals surface area contributed by atoms with Crippen LogP contribution in [-0.4, -0.2) is 4.98 Å². The number of hydrogen-bond acceptors (Lipinski definition) is 1. The van der Waals surface area contributed by atoms with Gasteiger partial charge in [0.25, 0.3) is 0 Å². The van der Waals surface area contributed by atoms with Gasteiger partial charge in [0.05, 0.1) is 0 Å². The molecule has 0 aromatic carbocycles. The van der Waals surface area contributed by atoms with E-state index in [0.717, 1.165) is 10.4 Å². The van der Waals surface area contributed by atoms with Crippen LogP contribution >= 0.6 is 11.6 Å². The van der Waals surface area contributed by atoms with Gasteiger partial charge in [0.15, 0.2) is 0 Å². The van der Waals surface area contributed by atoms with Crippen molar-refractivity contribution in [3.8, 4) is 0 Å². The van der Waals surface area contributed by atoms with Gasteiger partial charge in [0.1, 0.15) is 5.15 Å². The standard InChI is InChI=1S/C10H10ClN.C2H6.CH4/c1-3-4-5-9-6-7-12-10(11)8(9)2;1-2;/h3-7H,2H2,1H3;1-2H3;1H4/b4-3-,9-5-;;. The molecule has 84 valence electrons. The van der Waals surface area contributed by atoms with Crippen molar-refractivity contribution in [3.63, 3.8) is 0 Å². The van der Waals surface area contributed by atoms with Crippen LogP contribution in [-0.2, 0) is 0 Å². The van der Waals surface area contributed by atoms with E-state index < -0.39 is 0 Å². The molecule has 1 heterocycles. The Morgan fingerprint density at radius 3 is 2.53 bits per heavy atom. The molecule has 0 spiro atoms. The van der Waals surface area contributed by atoms with E-state index in [4.69, 9.17) is 11.6 Å². The molecule has 1 nitrogen and oxygen atoms in total. The Morgan fingerprint density at radius 1 is 1.40 bits per heavy atom. The quantitative estimate of drug-likeness (QED) is 0.670. The van der Waals surface area contributed by atoms with Crippen LogP contribution in [0, 0.1) is 0 Å². The van der Waals surface area contributed by atoms with Crippen molar-refractivity contribution in [2.75, 3.05) is 0 Å². The lowest BCUT2D eigenvalue weighted by Crippen LogP contribution is -2.24. The van der Waals surface area contributed by atoms with Crippen LogP contribution in [0.25, 0.3) is 12.7 Å². The normalized spacial score (nSPS) is 10.5. The van der Waals surface area contributed by atoms with E-state index in [1.165, 1.54) is 0 Å². The first-order chi connectivity index (χ1) is 6.75. The predicted octanol–water partition coefficient (Wildman–Crippen LogP) is 3.16. The SMILES string of the molecule is C.C=c1c(Cl)ncc/c1=C/C=C\C.CC. The lowest BCUT2D eigenvalue weighted by molar-refractivity contribution is 1.28. The Bertz CT molecular complexity index is 393. The van der Waals surface area contributed by atoms with Crippen LogP contribution in [0.5, 0.6) is 0 Å². The third kappa shape index (κ3) is 5.38. The Kier molecular flexibility index (Phi) is 10.3. The monoisotopic (exact) mass is 225 g/mol. The van der Waals surface area contributed by atoms with Crippen LogP contribution in [0.2, 0.25) is 5.15 Å². The van der Waals surface area contributed by atoms with Crippen molar-refractivity contribution >= 4 is 24.3 Å². The minimum atomic E-state index is 0.